The van der Waals surface area contributed by atoms with Gasteiger partial charge in [-0.1, -0.05) is 13.8 Å². The highest BCUT2D eigenvalue weighted by atomic mass is 32.2. The van der Waals surface area contributed by atoms with E-state index in [-0.39, 0.29) is 12.3 Å². The van der Waals surface area contributed by atoms with Crippen molar-refractivity contribution in [1.82, 2.24) is 10.6 Å². The van der Waals surface area contributed by atoms with Crippen LogP contribution >= 0.6 is 11.8 Å². The fourth-order valence-corrected chi connectivity index (χ4v) is 2.52. The normalized spacial score (nSPS) is 14.4. The Morgan fingerprint density at radius 2 is 1.64 bits per heavy atom. The van der Waals surface area contributed by atoms with Gasteiger partial charge >= 0.3 is 5.97 Å². The van der Waals surface area contributed by atoms with Crippen LogP contribution in [0.2, 0.25) is 0 Å². The van der Waals surface area contributed by atoms with Gasteiger partial charge in [-0.15, -0.1) is 0 Å². The van der Waals surface area contributed by atoms with E-state index in [4.69, 9.17) is 11.5 Å². The summed E-state index contributed by atoms with van der Waals surface area (Å²) in [7, 11) is 0. The van der Waals surface area contributed by atoms with Gasteiger partial charge in [-0.05, 0) is 30.8 Å². The number of thioether (sulfide) groups is 1. The van der Waals surface area contributed by atoms with Gasteiger partial charge in [-0.2, -0.15) is 11.8 Å². The molecule has 0 bridgehead atoms. The SMILES string of the molecule is CSCC[C@H](N)C(=O)N[C@@H](CC(N)=O)C(=O)N[C@@H](CC(C)C)C(=O)O. The molecular weight excluding hydrogens is 348 g/mol. The number of aliphatic carboxylic acids is 1. The van der Waals surface area contributed by atoms with Crippen LogP contribution in [0.5, 0.6) is 0 Å². The minimum Gasteiger partial charge on any atom is -0.480 e. The summed E-state index contributed by atoms with van der Waals surface area (Å²) in [4.78, 5) is 46.8. The van der Waals surface area contributed by atoms with E-state index in [1.807, 2.05) is 20.1 Å². The number of carboxylic acid groups (broad SMARTS) is 1. The number of amides is 3. The molecule has 0 fully saturated rings. The summed E-state index contributed by atoms with van der Waals surface area (Å²) in [5.41, 5.74) is 10.8. The summed E-state index contributed by atoms with van der Waals surface area (Å²) in [5.74, 6) is -2.66. The smallest absolute Gasteiger partial charge is 0.326 e. The molecule has 0 unspecified atom stereocenters. The molecule has 0 aliphatic heterocycles. The highest BCUT2D eigenvalue weighted by molar-refractivity contribution is 7.98. The lowest BCUT2D eigenvalue weighted by atomic mass is 10.0. The Morgan fingerprint density at radius 3 is 2.08 bits per heavy atom. The first-order valence-electron chi connectivity index (χ1n) is 7.94. The molecule has 0 radical (unpaired) electrons. The molecular formula is C15H28N4O5S. The Hall–Kier alpha value is -1.81. The standard InChI is InChI=1S/C15H28N4O5S/c1-8(2)6-11(15(23)24)19-14(22)10(7-12(17)20)18-13(21)9(16)4-5-25-3/h8-11H,4-7,16H2,1-3H3,(H2,17,20)(H,18,21)(H,19,22)(H,23,24)/t9-,10-,11-/m0/s1. The number of rotatable bonds is 12. The van der Waals surface area contributed by atoms with Gasteiger partial charge in [0.25, 0.3) is 0 Å². The van der Waals surface area contributed by atoms with Gasteiger partial charge in [0.2, 0.25) is 17.7 Å². The topological polar surface area (TPSA) is 165 Å². The van der Waals surface area contributed by atoms with E-state index in [1.165, 1.54) is 11.8 Å². The first kappa shape index (κ1) is 23.2. The molecule has 0 aliphatic rings. The van der Waals surface area contributed by atoms with Crippen LogP contribution in [0.4, 0.5) is 0 Å². The number of carbonyl (C=O) groups is 4. The minimum atomic E-state index is -1.26. The van der Waals surface area contributed by atoms with E-state index in [1.54, 1.807) is 0 Å². The average Bonchev–Trinajstić information content (AvgIpc) is 2.49. The highest BCUT2D eigenvalue weighted by Crippen LogP contribution is 2.06. The minimum absolute atomic E-state index is 0.0329. The summed E-state index contributed by atoms with van der Waals surface area (Å²) in [6.07, 6.45) is 2.05. The van der Waals surface area contributed by atoms with Crippen molar-refractivity contribution in [3.05, 3.63) is 0 Å². The molecule has 9 nitrogen and oxygen atoms in total. The molecule has 0 aromatic heterocycles. The predicted octanol–water partition coefficient (Wildman–Crippen LogP) is -0.957. The van der Waals surface area contributed by atoms with Gasteiger partial charge in [0.1, 0.15) is 12.1 Å². The predicted molar refractivity (Wildman–Crippen MR) is 95.7 cm³/mol. The Morgan fingerprint density at radius 1 is 1.08 bits per heavy atom. The maximum atomic E-state index is 12.3. The molecule has 0 aliphatic carbocycles. The Bertz CT molecular complexity index is 487. The molecule has 7 N–H and O–H groups in total. The molecule has 25 heavy (non-hydrogen) atoms. The second-order valence-corrected chi connectivity index (χ2v) is 7.13. The van der Waals surface area contributed by atoms with Crippen molar-refractivity contribution in [2.45, 2.75) is 51.2 Å². The van der Waals surface area contributed by atoms with Crippen molar-refractivity contribution in [1.29, 1.82) is 0 Å². The van der Waals surface area contributed by atoms with Crippen molar-refractivity contribution in [2.75, 3.05) is 12.0 Å². The number of nitrogens with one attached hydrogen (secondary N) is 2. The lowest BCUT2D eigenvalue weighted by molar-refractivity contribution is -0.142. The van der Waals surface area contributed by atoms with Gasteiger partial charge in [0, 0.05) is 0 Å². The summed E-state index contributed by atoms with van der Waals surface area (Å²) in [6, 6.07) is -3.22. The van der Waals surface area contributed by atoms with E-state index in [0.29, 0.717) is 12.2 Å². The van der Waals surface area contributed by atoms with Gasteiger partial charge in [-0.25, -0.2) is 4.79 Å². The van der Waals surface area contributed by atoms with Crippen LogP contribution in [0, 0.1) is 5.92 Å². The third kappa shape index (κ3) is 9.92. The number of carboxylic acids is 1. The third-order valence-electron chi connectivity index (χ3n) is 3.33. The fourth-order valence-electron chi connectivity index (χ4n) is 2.03. The second kappa shape index (κ2) is 11.7. The molecule has 0 saturated carbocycles. The number of hydrogen-bond donors (Lipinski definition) is 5. The van der Waals surface area contributed by atoms with Crippen LogP contribution in [-0.4, -0.2) is 58.9 Å². The highest BCUT2D eigenvalue weighted by Gasteiger charge is 2.29. The van der Waals surface area contributed by atoms with Crippen molar-refractivity contribution >= 4 is 35.5 Å². The monoisotopic (exact) mass is 376 g/mol. The Balaban J connectivity index is 4.99. The Labute approximate surface area is 151 Å². The summed E-state index contributed by atoms with van der Waals surface area (Å²) < 4.78 is 0. The van der Waals surface area contributed by atoms with Crippen molar-refractivity contribution in [3.8, 4) is 0 Å². The first-order chi connectivity index (χ1) is 11.6. The molecule has 0 aromatic rings. The van der Waals surface area contributed by atoms with Crippen LogP contribution < -0.4 is 22.1 Å². The van der Waals surface area contributed by atoms with Crippen molar-refractivity contribution in [3.63, 3.8) is 0 Å². The number of hydrogen-bond acceptors (Lipinski definition) is 6. The van der Waals surface area contributed by atoms with Crippen LogP contribution in [0.1, 0.15) is 33.1 Å². The van der Waals surface area contributed by atoms with Crippen LogP contribution in [-0.2, 0) is 19.2 Å². The van der Waals surface area contributed by atoms with E-state index in [9.17, 15) is 24.3 Å². The maximum absolute atomic E-state index is 12.3. The lowest BCUT2D eigenvalue weighted by Crippen LogP contribution is -2.55. The lowest BCUT2D eigenvalue weighted by Gasteiger charge is -2.22. The molecule has 0 rings (SSSR count). The average molecular weight is 376 g/mol. The van der Waals surface area contributed by atoms with Gasteiger partial charge < -0.3 is 27.2 Å². The summed E-state index contributed by atoms with van der Waals surface area (Å²) >= 11 is 1.52. The Kier molecular flexibility index (Phi) is 10.8. The zero-order valence-electron chi connectivity index (χ0n) is 14.8. The van der Waals surface area contributed by atoms with E-state index in [2.05, 4.69) is 10.6 Å². The largest absolute Gasteiger partial charge is 0.480 e. The van der Waals surface area contributed by atoms with Gasteiger partial charge in [0.05, 0.1) is 12.5 Å². The molecule has 0 saturated heterocycles. The first-order valence-corrected chi connectivity index (χ1v) is 9.34. The molecule has 0 spiro atoms. The number of nitrogens with two attached hydrogens (primary N) is 2. The van der Waals surface area contributed by atoms with Crippen LogP contribution in [0.15, 0.2) is 0 Å². The quantitative estimate of drug-likeness (QED) is 0.293. The maximum Gasteiger partial charge on any atom is 0.326 e. The number of carbonyl (C=O) groups excluding carboxylic acids is 3. The zero-order chi connectivity index (χ0) is 19.6. The molecule has 144 valence electrons. The van der Waals surface area contributed by atoms with Gasteiger partial charge in [-0.3, -0.25) is 14.4 Å². The third-order valence-corrected chi connectivity index (χ3v) is 3.97. The number of primary amides is 1. The van der Waals surface area contributed by atoms with Crippen molar-refractivity contribution in [2.24, 2.45) is 17.4 Å². The molecule has 10 heteroatoms. The summed E-state index contributed by atoms with van der Waals surface area (Å²) in [6.45, 7) is 3.63. The second-order valence-electron chi connectivity index (χ2n) is 6.15. The van der Waals surface area contributed by atoms with E-state index < -0.39 is 48.2 Å². The molecule has 0 aromatic carbocycles. The molecule has 0 heterocycles. The summed E-state index contributed by atoms with van der Waals surface area (Å²) in [5, 5.41) is 13.9. The zero-order valence-corrected chi connectivity index (χ0v) is 15.6. The van der Waals surface area contributed by atoms with Crippen LogP contribution in [0.25, 0.3) is 0 Å². The van der Waals surface area contributed by atoms with Crippen LogP contribution in [0.3, 0.4) is 0 Å². The molecule has 3 atom stereocenters. The molecule has 3 amide bonds. The van der Waals surface area contributed by atoms with Gasteiger partial charge in [0.15, 0.2) is 0 Å². The van der Waals surface area contributed by atoms with E-state index >= 15 is 0 Å². The fraction of sp³-hybridized carbons (Fsp3) is 0.733. The van der Waals surface area contributed by atoms with Crippen molar-refractivity contribution < 1.29 is 24.3 Å². The van der Waals surface area contributed by atoms with E-state index in [0.717, 1.165) is 0 Å².